The predicted molar refractivity (Wildman–Crippen MR) is 73.4 cm³/mol. The molecular weight excluding hydrogens is 258 g/mol. The fourth-order valence-corrected chi connectivity index (χ4v) is 3.08. The van der Waals surface area contributed by atoms with Crippen molar-refractivity contribution in [3.63, 3.8) is 0 Å². The molecule has 0 saturated carbocycles. The van der Waals surface area contributed by atoms with Gasteiger partial charge in [-0.25, -0.2) is 8.78 Å². The second-order valence-corrected chi connectivity index (χ2v) is 5.31. The molecule has 0 spiro atoms. The van der Waals surface area contributed by atoms with E-state index in [-0.39, 0.29) is 11.5 Å². The fourth-order valence-electron chi connectivity index (χ4n) is 3.08. The summed E-state index contributed by atoms with van der Waals surface area (Å²) in [5.41, 5.74) is 2.29. The van der Waals surface area contributed by atoms with Crippen molar-refractivity contribution in [1.29, 1.82) is 0 Å². The quantitative estimate of drug-likeness (QED) is 0.873. The highest BCUT2D eigenvalue weighted by Crippen LogP contribution is 2.40. The maximum Gasteiger partial charge on any atom is 0.129 e. The standard InChI is InChI=1S/C17H16F2O/c18-12-8-9-16(19)15(10-12)17(20)14-7-3-5-11-4-1-2-6-13(11)14/h1-2,4,6,8-10,14,17,20H,3,5,7H2. The van der Waals surface area contributed by atoms with Crippen molar-refractivity contribution in [2.45, 2.75) is 31.3 Å². The topological polar surface area (TPSA) is 20.2 Å². The summed E-state index contributed by atoms with van der Waals surface area (Å²) >= 11 is 0. The van der Waals surface area contributed by atoms with Gasteiger partial charge >= 0.3 is 0 Å². The fraction of sp³-hybridized carbons (Fsp3) is 0.294. The summed E-state index contributed by atoms with van der Waals surface area (Å²) in [5, 5.41) is 10.5. The van der Waals surface area contributed by atoms with Crippen LogP contribution in [0.4, 0.5) is 8.78 Å². The van der Waals surface area contributed by atoms with Crippen molar-refractivity contribution in [3.8, 4) is 0 Å². The van der Waals surface area contributed by atoms with E-state index in [4.69, 9.17) is 0 Å². The molecule has 3 rings (SSSR count). The third-order valence-corrected chi connectivity index (χ3v) is 4.07. The number of hydrogen-bond donors (Lipinski definition) is 1. The van der Waals surface area contributed by atoms with Crippen LogP contribution in [0, 0.1) is 11.6 Å². The molecule has 0 aliphatic heterocycles. The van der Waals surface area contributed by atoms with E-state index in [1.54, 1.807) is 0 Å². The average molecular weight is 274 g/mol. The van der Waals surface area contributed by atoms with Gasteiger partial charge in [-0.1, -0.05) is 24.3 Å². The second kappa shape index (κ2) is 5.33. The molecule has 0 amide bonds. The molecule has 3 heteroatoms. The minimum Gasteiger partial charge on any atom is -0.388 e. The number of hydrogen-bond acceptors (Lipinski definition) is 1. The Labute approximate surface area is 116 Å². The third-order valence-electron chi connectivity index (χ3n) is 4.07. The highest BCUT2D eigenvalue weighted by Gasteiger charge is 2.29. The first kappa shape index (κ1) is 13.3. The molecule has 20 heavy (non-hydrogen) atoms. The van der Waals surface area contributed by atoms with Crippen LogP contribution in [0.15, 0.2) is 42.5 Å². The first-order valence-electron chi connectivity index (χ1n) is 6.87. The Hall–Kier alpha value is -1.74. The van der Waals surface area contributed by atoms with Crippen LogP contribution in [0.1, 0.15) is 41.6 Å². The van der Waals surface area contributed by atoms with Crippen molar-refractivity contribution in [1.82, 2.24) is 0 Å². The molecule has 1 aliphatic carbocycles. The molecule has 0 fully saturated rings. The van der Waals surface area contributed by atoms with Gasteiger partial charge in [0.25, 0.3) is 0 Å². The molecule has 0 saturated heterocycles. The molecule has 0 radical (unpaired) electrons. The lowest BCUT2D eigenvalue weighted by Crippen LogP contribution is -2.18. The Balaban J connectivity index is 1.99. The normalized spacial score (nSPS) is 19.4. The summed E-state index contributed by atoms with van der Waals surface area (Å²) in [4.78, 5) is 0. The zero-order valence-electron chi connectivity index (χ0n) is 11.0. The van der Waals surface area contributed by atoms with E-state index in [1.165, 1.54) is 5.56 Å². The van der Waals surface area contributed by atoms with Gasteiger partial charge in [0.15, 0.2) is 0 Å². The van der Waals surface area contributed by atoms with E-state index >= 15 is 0 Å². The molecule has 2 aromatic rings. The number of rotatable bonds is 2. The van der Waals surface area contributed by atoms with E-state index in [0.717, 1.165) is 43.0 Å². The molecule has 1 N–H and O–H groups in total. The molecule has 104 valence electrons. The Morgan fingerprint density at radius 2 is 1.90 bits per heavy atom. The van der Waals surface area contributed by atoms with Crippen LogP contribution >= 0.6 is 0 Å². The maximum absolute atomic E-state index is 13.8. The average Bonchev–Trinajstić information content (AvgIpc) is 2.48. The maximum atomic E-state index is 13.8. The van der Waals surface area contributed by atoms with E-state index in [1.807, 2.05) is 24.3 Å². The van der Waals surface area contributed by atoms with Crippen molar-refractivity contribution in [3.05, 3.63) is 70.8 Å². The Kier molecular flexibility index (Phi) is 3.53. The van der Waals surface area contributed by atoms with Gasteiger partial charge in [-0.2, -0.15) is 0 Å². The molecule has 2 aromatic carbocycles. The summed E-state index contributed by atoms with van der Waals surface area (Å²) in [6.45, 7) is 0. The molecule has 0 aromatic heterocycles. The number of halogens is 2. The lowest BCUT2D eigenvalue weighted by molar-refractivity contribution is 0.131. The second-order valence-electron chi connectivity index (χ2n) is 5.31. The SMILES string of the molecule is OC(c1cc(F)ccc1F)C1CCCc2ccccc21. The molecule has 1 nitrogen and oxygen atoms in total. The zero-order chi connectivity index (χ0) is 14.1. The number of aliphatic hydroxyl groups is 1. The summed E-state index contributed by atoms with van der Waals surface area (Å²) in [6.07, 6.45) is 1.71. The first-order valence-corrected chi connectivity index (χ1v) is 6.87. The zero-order valence-corrected chi connectivity index (χ0v) is 11.0. The van der Waals surface area contributed by atoms with Crippen molar-refractivity contribution < 1.29 is 13.9 Å². The molecule has 0 heterocycles. The van der Waals surface area contributed by atoms with E-state index < -0.39 is 17.7 Å². The molecule has 0 bridgehead atoms. The summed E-state index contributed by atoms with van der Waals surface area (Å²) in [5.74, 6) is -1.25. The smallest absolute Gasteiger partial charge is 0.129 e. The Morgan fingerprint density at radius 3 is 2.75 bits per heavy atom. The van der Waals surface area contributed by atoms with Crippen LogP contribution in [0.25, 0.3) is 0 Å². The van der Waals surface area contributed by atoms with E-state index in [9.17, 15) is 13.9 Å². The lowest BCUT2D eigenvalue weighted by atomic mass is 9.78. The molecular formula is C17H16F2O. The van der Waals surface area contributed by atoms with Gasteiger partial charge in [-0.05, 0) is 48.6 Å². The van der Waals surface area contributed by atoms with Crippen LogP contribution in [0.3, 0.4) is 0 Å². The van der Waals surface area contributed by atoms with Crippen LogP contribution < -0.4 is 0 Å². The van der Waals surface area contributed by atoms with Crippen molar-refractivity contribution in [2.75, 3.05) is 0 Å². The lowest BCUT2D eigenvalue weighted by Gasteiger charge is -2.29. The van der Waals surface area contributed by atoms with Gasteiger partial charge in [-0.3, -0.25) is 0 Å². The monoisotopic (exact) mass is 274 g/mol. The number of aryl methyl sites for hydroxylation is 1. The predicted octanol–water partition coefficient (Wildman–Crippen LogP) is 4.12. The minimum absolute atomic E-state index is 0.0479. The Morgan fingerprint density at radius 1 is 1.10 bits per heavy atom. The van der Waals surface area contributed by atoms with Gasteiger partial charge in [0, 0.05) is 11.5 Å². The van der Waals surface area contributed by atoms with E-state index in [2.05, 4.69) is 0 Å². The third kappa shape index (κ3) is 2.34. The van der Waals surface area contributed by atoms with Crippen LogP contribution in [-0.4, -0.2) is 5.11 Å². The highest BCUT2D eigenvalue weighted by molar-refractivity contribution is 5.35. The minimum atomic E-state index is -1.01. The summed E-state index contributed by atoms with van der Waals surface area (Å²) < 4.78 is 27.1. The number of fused-ring (bicyclic) bond motifs is 1. The van der Waals surface area contributed by atoms with Crippen molar-refractivity contribution >= 4 is 0 Å². The van der Waals surface area contributed by atoms with Gasteiger partial charge in [0.05, 0.1) is 6.10 Å². The molecule has 1 aliphatic rings. The van der Waals surface area contributed by atoms with Gasteiger partial charge in [0.1, 0.15) is 11.6 Å². The Bertz CT molecular complexity index is 624. The summed E-state index contributed by atoms with van der Waals surface area (Å²) in [6, 6.07) is 11.1. The number of benzene rings is 2. The van der Waals surface area contributed by atoms with Crippen LogP contribution in [0.2, 0.25) is 0 Å². The van der Waals surface area contributed by atoms with Gasteiger partial charge in [-0.15, -0.1) is 0 Å². The van der Waals surface area contributed by atoms with Gasteiger partial charge < -0.3 is 5.11 Å². The van der Waals surface area contributed by atoms with Crippen LogP contribution in [-0.2, 0) is 6.42 Å². The highest BCUT2D eigenvalue weighted by atomic mass is 19.1. The van der Waals surface area contributed by atoms with Crippen molar-refractivity contribution in [2.24, 2.45) is 0 Å². The van der Waals surface area contributed by atoms with Crippen LogP contribution in [0.5, 0.6) is 0 Å². The first-order chi connectivity index (χ1) is 9.66. The van der Waals surface area contributed by atoms with Gasteiger partial charge in [0.2, 0.25) is 0 Å². The molecule has 2 atom stereocenters. The molecule has 2 unspecified atom stereocenters. The number of aliphatic hydroxyl groups excluding tert-OH is 1. The summed E-state index contributed by atoms with van der Waals surface area (Å²) in [7, 11) is 0. The largest absolute Gasteiger partial charge is 0.388 e. The van der Waals surface area contributed by atoms with E-state index in [0.29, 0.717) is 0 Å².